The standard InChI is InChI=1S/C31H31N5O6/c1-4-7-8-22(5-2)42-31(39)23-14-13-21(15-25(23)37)35-29(38)28-24(32)16-27(36-30(28)40-6-3)34-20-11-9-19(10-12-20)26-17-33-18-41-26/h5,7-18,37H,4,6H2,1-3H3,(H,35,38)(H3,32,34,36)/b8-7-,22-5+. The number of anilines is 4. The number of oxazole rings is 1. The molecule has 2 aromatic carbocycles. The smallest absolute Gasteiger partial charge is 0.347 e. The van der Waals surface area contributed by atoms with Crippen molar-refractivity contribution in [2.24, 2.45) is 0 Å². The number of esters is 1. The molecule has 4 rings (SSSR count). The fraction of sp³-hybridized carbons (Fsp3) is 0.161. The average Bonchev–Trinajstić information content (AvgIpc) is 3.51. The van der Waals surface area contributed by atoms with Crippen molar-refractivity contribution >= 4 is 34.8 Å². The van der Waals surface area contributed by atoms with E-state index >= 15 is 0 Å². The predicted molar refractivity (Wildman–Crippen MR) is 160 cm³/mol. The third-order valence-corrected chi connectivity index (χ3v) is 5.89. The van der Waals surface area contributed by atoms with Crippen molar-refractivity contribution in [3.8, 4) is 23.0 Å². The minimum atomic E-state index is -0.734. The second-order valence-electron chi connectivity index (χ2n) is 8.86. The van der Waals surface area contributed by atoms with Crippen molar-refractivity contribution in [3.05, 3.63) is 96.2 Å². The van der Waals surface area contributed by atoms with Crippen LogP contribution in [0.5, 0.6) is 11.6 Å². The number of hydrogen-bond acceptors (Lipinski definition) is 10. The summed E-state index contributed by atoms with van der Waals surface area (Å²) in [6.07, 6.45) is 8.93. The number of benzene rings is 2. The maximum atomic E-state index is 13.2. The number of phenolic OH excluding ortho intramolecular Hbond substituents is 1. The maximum Gasteiger partial charge on any atom is 0.347 e. The molecule has 0 spiro atoms. The van der Waals surface area contributed by atoms with Crippen molar-refractivity contribution in [1.82, 2.24) is 9.97 Å². The third-order valence-electron chi connectivity index (χ3n) is 5.89. The van der Waals surface area contributed by atoms with Gasteiger partial charge in [0, 0.05) is 29.1 Å². The Morgan fingerprint density at radius 3 is 2.50 bits per heavy atom. The molecule has 216 valence electrons. The molecule has 4 aromatic rings. The second-order valence-corrected chi connectivity index (χ2v) is 8.86. The Balaban J connectivity index is 1.50. The summed E-state index contributed by atoms with van der Waals surface area (Å²) < 4.78 is 16.3. The molecule has 0 fully saturated rings. The van der Waals surface area contributed by atoms with Gasteiger partial charge in [0.15, 0.2) is 12.2 Å². The number of phenols is 1. The van der Waals surface area contributed by atoms with Crippen LogP contribution in [-0.2, 0) is 4.74 Å². The third kappa shape index (κ3) is 7.13. The van der Waals surface area contributed by atoms with E-state index in [2.05, 4.69) is 20.6 Å². The molecule has 11 nitrogen and oxygen atoms in total. The Morgan fingerprint density at radius 2 is 1.86 bits per heavy atom. The molecule has 0 saturated carbocycles. The number of allylic oxidation sites excluding steroid dienone is 3. The van der Waals surface area contributed by atoms with E-state index in [4.69, 9.17) is 19.6 Å². The van der Waals surface area contributed by atoms with E-state index in [0.29, 0.717) is 17.3 Å². The first kappa shape index (κ1) is 29.4. The topological polar surface area (TPSA) is 162 Å². The largest absolute Gasteiger partial charge is 0.507 e. The van der Waals surface area contributed by atoms with E-state index in [1.54, 1.807) is 32.2 Å². The molecule has 0 atom stereocenters. The minimum Gasteiger partial charge on any atom is -0.507 e. The van der Waals surface area contributed by atoms with E-state index in [1.807, 2.05) is 37.3 Å². The SMILES string of the molecule is C/C=C(\C=C/CC)OC(=O)c1ccc(NC(=O)c2c(N)cc(Nc3ccc(-c4cnco4)cc3)nc2OCC)cc1O. The summed E-state index contributed by atoms with van der Waals surface area (Å²) in [5.74, 6) is -0.314. The monoisotopic (exact) mass is 569 g/mol. The molecular weight excluding hydrogens is 538 g/mol. The van der Waals surface area contributed by atoms with Crippen molar-refractivity contribution in [2.45, 2.75) is 27.2 Å². The van der Waals surface area contributed by atoms with Crippen LogP contribution in [0.15, 0.2) is 89.5 Å². The lowest BCUT2D eigenvalue weighted by Crippen LogP contribution is -2.17. The van der Waals surface area contributed by atoms with Crippen LogP contribution in [0, 0.1) is 0 Å². The van der Waals surface area contributed by atoms with Crippen LogP contribution in [0.4, 0.5) is 22.9 Å². The number of aromatic nitrogens is 2. The number of nitrogens with two attached hydrogens (primary N) is 1. The van der Waals surface area contributed by atoms with Crippen molar-refractivity contribution in [1.29, 1.82) is 0 Å². The fourth-order valence-electron chi connectivity index (χ4n) is 3.86. The summed E-state index contributed by atoms with van der Waals surface area (Å²) in [7, 11) is 0. The number of carbonyl (C=O) groups is 2. The number of carbonyl (C=O) groups excluding carboxylic acids is 2. The molecule has 0 aliphatic rings. The Hall–Kier alpha value is -5.58. The van der Waals surface area contributed by atoms with Crippen LogP contribution < -0.4 is 21.1 Å². The van der Waals surface area contributed by atoms with Gasteiger partial charge in [0.25, 0.3) is 5.91 Å². The molecule has 1 amide bonds. The van der Waals surface area contributed by atoms with Gasteiger partial charge in [-0.1, -0.05) is 13.0 Å². The zero-order valence-electron chi connectivity index (χ0n) is 23.4. The predicted octanol–water partition coefficient (Wildman–Crippen LogP) is 6.45. The summed E-state index contributed by atoms with van der Waals surface area (Å²) in [6.45, 7) is 5.69. The van der Waals surface area contributed by atoms with E-state index in [9.17, 15) is 14.7 Å². The quantitative estimate of drug-likeness (QED) is 0.0897. The number of rotatable bonds is 11. The van der Waals surface area contributed by atoms with Gasteiger partial charge in [0.1, 0.15) is 28.5 Å². The van der Waals surface area contributed by atoms with E-state index in [0.717, 1.165) is 17.7 Å². The number of aromatic hydroxyl groups is 1. The van der Waals surface area contributed by atoms with Crippen molar-refractivity contribution in [3.63, 3.8) is 0 Å². The molecule has 2 heterocycles. The molecule has 5 N–H and O–H groups in total. The molecule has 0 radical (unpaired) electrons. The number of ether oxygens (including phenoxy) is 2. The highest BCUT2D eigenvalue weighted by atomic mass is 16.5. The number of nitrogens with zero attached hydrogens (tertiary/aromatic N) is 2. The molecule has 0 aliphatic carbocycles. The van der Waals surface area contributed by atoms with Gasteiger partial charge < -0.3 is 35.4 Å². The molecular formula is C31H31N5O6. The van der Waals surface area contributed by atoms with Crippen molar-refractivity contribution < 1.29 is 28.6 Å². The number of nitrogen functional groups attached to an aromatic ring is 1. The molecule has 0 aliphatic heterocycles. The molecule has 11 heteroatoms. The zero-order valence-corrected chi connectivity index (χ0v) is 23.4. The normalized spacial score (nSPS) is 11.4. The summed E-state index contributed by atoms with van der Waals surface area (Å²) in [4.78, 5) is 34.1. The number of pyridine rings is 1. The van der Waals surface area contributed by atoms with E-state index < -0.39 is 11.9 Å². The molecule has 0 saturated heterocycles. The first-order chi connectivity index (χ1) is 20.3. The summed E-state index contributed by atoms with van der Waals surface area (Å²) in [6, 6.07) is 13.0. The van der Waals surface area contributed by atoms with Crippen LogP contribution in [0.2, 0.25) is 0 Å². The highest BCUT2D eigenvalue weighted by molar-refractivity contribution is 6.10. The van der Waals surface area contributed by atoms with Gasteiger partial charge in [-0.05, 0) is 68.8 Å². The maximum absolute atomic E-state index is 13.2. The molecule has 0 unspecified atom stereocenters. The second kappa shape index (κ2) is 13.7. The number of hydrogen-bond donors (Lipinski definition) is 4. The Kier molecular flexibility index (Phi) is 9.57. The Morgan fingerprint density at radius 1 is 1.10 bits per heavy atom. The molecule has 2 aromatic heterocycles. The van der Waals surface area contributed by atoms with Crippen LogP contribution in [0.3, 0.4) is 0 Å². The molecule has 0 bridgehead atoms. The zero-order chi connectivity index (χ0) is 30.1. The highest BCUT2D eigenvalue weighted by Crippen LogP contribution is 2.30. The van der Waals surface area contributed by atoms with Crippen LogP contribution in [-0.4, -0.2) is 33.6 Å². The van der Waals surface area contributed by atoms with Crippen LogP contribution in [0.25, 0.3) is 11.3 Å². The van der Waals surface area contributed by atoms with Gasteiger partial charge in [-0.2, -0.15) is 4.98 Å². The van der Waals surface area contributed by atoms with Gasteiger partial charge in [-0.25, -0.2) is 9.78 Å². The van der Waals surface area contributed by atoms with Gasteiger partial charge >= 0.3 is 5.97 Å². The lowest BCUT2D eigenvalue weighted by Gasteiger charge is -2.15. The van der Waals surface area contributed by atoms with Gasteiger partial charge in [-0.15, -0.1) is 0 Å². The van der Waals surface area contributed by atoms with Gasteiger partial charge in [0.2, 0.25) is 5.88 Å². The first-order valence-corrected chi connectivity index (χ1v) is 13.2. The number of amides is 1. The number of nitrogens with one attached hydrogen (secondary N) is 2. The Labute approximate surface area is 242 Å². The van der Waals surface area contributed by atoms with E-state index in [-0.39, 0.29) is 40.7 Å². The van der Waals surface area contributed by atoms with Gasteiger partial charge in [0.05, 0.1) is 18.5 Å². The average molecular weight is 570 g/mol. The van der Waals surface area contributed by atoms with E-state index in [1.165, 1.54) is 30.7 Å². The summed E-state index contributed by atoms with van der Waals surface area (Å²) >= 11 is 0. The molecule has 42 heavy (non-hydrogen) atoms. The lowest BCUT2D eigenvalue weighted by molar-refractivity contribution is 0.0633. The van der Waals surface area contributed by atoms with Crippen molar-refractivity contribution in [2.75, 3.05) is 23.0 Å². The lowest BCUT2D eigenvalue weighted by atomic mass is 10.1. The fourth-order valence-corrected chi connectivity index (χ4v) is 3.86. The highest BCUT2D eigenvalue weighted by Gasteiger charge is 2.21. The van der Waals surface area contributed by atoms with Crippen LogP contribution in [0.1, 0.15) is 47.9 Å². The van der Waals surface area contributed by atoms with Crippen LogP contribution >= 0.6 is 0 Å². The summed E-state index contributed by atoms with van der Waals surface area (Å²) in [5.41, 5.74) is 8.16. The first-order valence-electron chi connectivity index (χ1n) is 13.2. The Bertz CT molecular complexity index is 1610. The van der Waals surface area contributed by atoms with Gasteiger partial charge in [-0.3, -0.25) is 4.79 Å². The summed E-state index contributed by atoms with van der Waals surface area (Å²) in [5, 5.41) is 16.3. The minimum absolute atomic E-state index is 0.0199.